The quantitative estimate of drug-likeness (QED) is 0.169. The van der Waals surface area contributed by atoms with Crippen molar-refractivity contribution >= 4 is 86.0 Å². The summed E-state index contributed by atoms with van der Waals surface area (Å²) in [6.45, 7) is 0. The molecule has 3 aromatic heterocycles. The fraction of sp³-hybridized carbons (Fsp3) is 0. The number of furan rings is 2. The summed E-state index contributed by atoms with van der Waals surface area (Å²) in [5.41, 5.74) is 10.7. The first-order valence-corrected chi connectivity index (χ1v) is 19.5. The Morgan fingerprint density at radius 1 is 0.309 bits per heavy atom. The highest BCUT2D eigenvalue weighted by Gasteiger charge is 2.24. The van der Waals surface area contributed by atoms with Gasteiger partial charge in [0.25, 0.3) is 0 Å². The Morgan fingerprint density at radius 3 is 1.49 bits per heavy atom. The molecular weight excluding hydrogens is 689 g/mol. The zero-order valence-electron chi connectivity index (χ0n) is 29.5. The molecule has 0 N–H and O–H groups in total. The maximum absolute atomic E-state index is 6.84. The Kier molecular flexibility index (Phi) is 6.54. The average Bonchev–Trinajstić information content (AvgIpc) is 3.93. The van der Waals surface area contributed by atoms with Crippen LogP contribution in [0, 0.1) is 0 Å². The Bertz CT molecular complexity index is 3420. The zero-order chi connectivity index (χ0) is 36.0. The standard InChI is InChI=1S/C52H30O2S/c1-3-15-31(16-4-1)47-40-29-43-41(30-44(40)54-52(47)32-17-5-2-6-18-32)50-38(24-13-26-42(50)53-43)48-33-19-7-9-21-35(33)49(36-22-10-8-20-34(36)48)39-25-14-28-46-51(39)37-23-11-12-27-45(37)55-46/h1-30H. The van der Waals surface area contributed by atoms with Crippen LogP contribution in [0.4, 0.5) is 0 Å². The van der Waals surface area contributed by atoms with Crippen molar-refractivity contribution in [2.24, 2.45) is 0 Å². The van der Waals surface area contributed by atoms with Gasteiger partial charge in [0.1, 0.15) is 22.5 Å². The van der Waals surface area contributed by atoms with E-state index in [0.29, 0.717) is 0 Å². The van der Waals surface area contributed by atoms with Gasteiger partial charge in [-0.3, -0.25) is 0 Å². The lowest BCUT2D eigenvalue weighted by molar-refractivity contribution is 0.632. The van der Waals surface area contributed by atoms with E-state index in [9.17, 15) is 0 Å². The smallest absolute Gasteiger partial charge is 0.143 e. The van der Waals surface area contributed by atoms with Gasteiger partial charge in [-0.25, -0.2) is 0 Å². The minimum Gasteiger partial charge on any atom is -0.456 e. The molecule has 3 heteroatoms. The summed E-state index contributed by atoms with van der Waals surface area (Å²) in [5.74, 6) is 0.861. The van der Waals surface area contributed by atoms with Gasteiger partial charge in [0.15, 0.2) is 0 Å². The molecule has 12 aromatic rings. The highest BCUT2D eigenvalue weighted by atomic mass is 32.1. The third-order valence-electron chi connectivity index (χ3n) is 11.3. The molecule has 0 unspecified atom stereocenters. The van der Waals surface area contributed by atoms with Crippen molar-refractivity contribution in [2.75, 3.05) is 0 Å². The van der Waals surface area contributed by atoms with E-state index in [0.717, 1.165) is 60.9 Å². The molecule has 0 atom stereocenters. The van der Waals surface area contributed by atoms with Crippen LogP contribution in [0.1, 0.15) is 0 Å². The molecule has 9 aromatic carbocycles. The van der Waals surface area contributed by atoms with Crippen molar-refractivity contribution in [3.8, 4) is 44.7 Å². The lowest BCUT2D eigenvalue weighted by Crippen LogP contribution is -1.91. The monoisotopic (exact) mass is 718 g/mol. The fourth-order valence-electron chi connectivity index (χ4n) is 9.00. The molecule has 0 radical (unpaired) electrons. The molecule has 0 aliphatic carbocycles. The fourth-order valence-corrected chi connectivity index (χ4v) is 10.1. The van der Waals surface area contributed by atoms with Gasteiger partial charge in [0, 0.05) is 47.5 Å². The molecule has 0 aliphatic rings. The Hall–Kier alpha value is -6.94. The summed E-state index contributed by atoms with van der Waals surface area (Å²) in [5, 5.41) is 10.7. The largest absolute Gasteiger partial charge is 0.456 e. The van der Waals surface area contributed by atoms with Crippen molar-refractivity contribution in [3.05, 3.63) is 182 Å². The second kappa shape index (κ2) is 11.8. The second-order valence-electron chi connectivity index (χ2n) is 14.3. The maximum Gasteiger partial charge on any atom is 0.143 e. The summed E-state index contributed by atoms with van der Waals surface area (Å²) in [6.07, 6.45) is 0. The molecule has 0 amide bonds. The van der Waals surface area contributed by atoms with Crippen molar-refractivity contribution in [1.82, 2.24) is 0 Å². The minimum atomic E-state index is 0.837. The zero-order valence-corrected chi connectivity index (χ0v) is 30.4. The van der Waals surface area contributed by atoms with E-state index in [1.807, 2.05) is 17.4 Å². The van der Waals surface area contributed by atoms with E-state index in [1.54, 1.807) is 0 Å². The van der Waals surface area contributed by atoms with Crippen LogP contribution in [-0.4, -0.2) is 0 Å². The van der Waals surface area contributed by atoms with Crippen LogP contribution in [-0.2, 0) is 0 Å². The minimum absolute atomic E-state index is 0.837. The molecular formula is C52H30O2S. The summed E-state index contributed by atoms with van der Waals surface area (Å²) in [7, 11) is 0. The lowest BCUT2D eigenvalue weighted by Gasteiger charge is -2.19. The van der Waals surface area contributed by atoms with Gasteiger partial charge in [0.2, 0.25) is 0 Å². The number of hydrogen-bond donors (Lipinski definition) is 0. The number of hydrogen-bond acceptors (Lipinski definition) is 3. The first-order valence-electron chi connectivity index (χ1n) is 18.7. The third kappa shape index (κ3) is 4.48. The molecule has 3 heterocycles. The predicted octanol–water partition coefficient (Wildman–Crippen LogP) is 15.7. The van der Waals surface area contributed by atoms with Gasteiger partial charge >= 0.3 is 0 Å². The topological polar surface area (TPSA) is 26.3 Å². The molecule has 12 rings (SSSR count). The second-order valence-corrected chi connectivity index (χ2v) is 15.4. The molecule has 0 spiro atoms. The highest BCUT2D eigenvalue weighted by Crippen LogP contribution is 2.50. The molecule has 0 fully saturated rings. The van der Waals surface area contributed by atoms with E-state index in [2.05, 4.69) is 176 Å². The van der Waals surface area contributed by atoms with Crippen LogP contribution in [0.15, 0.2) is 191 Å². The van der Waals surface area contributed by atoms with Crippen molar-refractivity contribution in [3.63, 3.8) is 0 Å². The van der Waals surface area contributed by atoms with Crippen molar-refractivity contribution in [2.45, 2.75) is 0 Å². The summed E-state index contributed by atoms with van der Waals surface area (Å²) in [6, 6.07) is 65.2. The van der Waals surface area contributed by atoms with Crippen LogP contribution in [0.3, 0.4) is 0 Å². The summed E-state index contributed by atoms with van der Waals surface area (Å²) < 4.78 is 16.2. The van der Waals surface area contributed by atoms with Crippen molar-refractivity contribution < 1.29 is 8.83 Å². The molecule has 0 aliphatic heterocycles. The Balaban J connectivity index is 1.17. The van der Waals surface area contributed by atoms with Crippen LogP contribution in [0.5, 0.6) is 0 Å². The first-order chi connectivity index (χ1) is 27.3. The molecule has 2 nitrogen and oxygen atoms in total. The van der Waals surface area contributed by atoms with Gasteiger partial charge in [-0.05, 0) is 79.7 Å². The number of thiophene rings is 1. The maximum atomic E-state index is 6.84. The van der Waals surface area contributed by atoms with Gasteiger partial charge < -0.3 is 8.83 Å². The third-order valence-corrected chi connectivity index (χ3v) is 12.4. The van der Waals surface area contributed by atoms with Crippen LogP contribution in [0.2, 0.25) is 0 Å². The van der Waals surface area contributed by atoms with Crippen molar-refractivity contribution in [1.29, 1.82) is 0 Å². The van der Waals surface area contributed by atoms with Crippen LogP contribution < -0.4 is 0 Å². The number of fused-ring (bicyclic) bond motifs is 9. The molecule has 0 bridgehead atoms. The molecule has 0 saturated carbocycles. The lowest BCUT2D eigenvalue weighted by atomic mass is 9.84. The SMILES string of the molecule is c1ccc(-c2oc3cc4c(cc3c2-c2ccccc2)oc2cccc(-c3c5ccccc5c(-c5cccc6sc7ccccc7c56)c5ccccc35)c24)cc1. The van der Waals surface area contributed by atoms with Gasteiger partial charge in [-0.1, -0.05) is 152 Å². The number of benzene rings is 9. The molecule has 55 heavy (non-hydrogen) atoms. The van der Waals surface area contributed by atoms with Gasteiger partial charge in [0.05, 0.1) is 0 Å². The van der Waals surface area contributed by atoms with E-state index in [1.165, 1.54) is 58.4 Å². The summed E-state index contributed by atoms with van der Waals surface area (Å²) in [4.78, 5) is 0. The van der Waals surface area contributed by atoms with Crippen LogP contribution >= 0.6 is 11.3 Å². The van der Waals surface area contributed by atoms with E-state index < -0.39 is 0 Å². The van der Waals surface area contributed by atoms with Gasteiger partial charge in [-0.15, -0.1) is 11.3 Å². The van der Waals surface area contributed by atoms with Crippen LogP contribution in [0.25, 0.3) is 119 Å². The Labute approximate surface area is 320 Å². The first kappa shape index (κ1) is 30.5. The normalized spacial score (nSPS) is 12.0. The van der Waals surface area contributed by atoms with Gasteiger partial charge in [-0.2, -0.15) is 0 Å². The average molecular weight is 719 g/mol. The van der Waals surface area contributed by atoms with E-state index in [-0.39, 0.29) is 0 Å². The molecule has 256 valence electrons. The van der Waals surface area contributed by atoms with E-state index >= 15 is 0 Å². The predicted molar refractivity (Wildman–Crippen MR) is 233 cm³/mol. The molecule has 0 saturated heterocycles. The Morgan fingerprint density at radius 2 is 0.818 bits per heavy atom. The highest BCUT2D eigenvalue weighted by molar-refractivity contribution is 7.26. The summed E-state index contributed by atoms with van der Waals surface area (Å²) >= 11 is 1.87. The number of rotatable bonds is 4. The van der Waals surface area contributed by atoms with E-state index in [4.69, 9.17) is 8.83 Å².